The quantitative estimate of drug-likeness (QED) is 0.0587. The van der Waals surface area contributed by atoms with Crippen LogP contribution in [-0.4, -0.2) is 65.9 Å². The number of aryl methyl sites for hydroxylation is 2. The number of ether oxygens (including phenoxy) is 4. The predicted molar refractivity (Wildman–Crippen MR) is 310 cm³/mol. The van der Waals surface area contributed by atoms with Crippen LogP contribution in [0, 0.1) is 29.6 Å². The van der Waals surface area contributed by atoms with E-state index >= 15 is 9.59 Å². The molecule has 3 aliphatic heterocycles. The Morgan fingerprint density at radius 1 is 0.802 bits per heavy atom. The first-order valence-electron chi connectivity index (χ1n) is 30.4. The molecule has 424 valence electrons. The molecule has 2 fully saturated rings. The molecule has 8 aliphatic rings. The standard InChI is InChI=1S/C70H78O11/c1-40(37-72)51-27-23-41-18-21-45-34-44(41)20-19-42-10-4-6-15-57(42)69(2)66(80-67(51)75)65(63-60(81-69)31-30-55-56(38-73)62(68(76)79-64(55)63)47(32-33-71)39-77-3)78-61(74)36-48-35-46(24-28-52(45)48)53-14-9-17-59-54(53)29-26-50-13-8-12-49-25-22-43-11-5-7-16-58(43)70(49,50)59/h5,7,9,11,14,16-18,21-22,24-25,28,30-31,34,42,46-50,52,57,65-66,71-73H,4,6,8,10,12-13,15,19-20,23,26-27,29,32-33,35-39H2,1-3H3/b51-40-/t42-,46-,47-,48+,49+,50-,52+,57-,65-,66+,69+,70-/m1/s1. The molecule has 0 unspecified atom stereocenters. The summed E-state index contributed by atoms with van der Waals surface area (Å²) in [6, 6.07) is 26.6. The zero-order valence-corrected chi connectivity index (χ0v) is 47.3. The lowest BCUT2D eigenvalue weighted by molar-refractivity contribution is -0.205. The Balaban J connectivity index is 0.984. The van der Waals surface area contributed by atoms with Crippen LogP contribution in [0.1, 0.15) is 182 Å². The third-order valence-corrected chi connectivity index (χ3v) is 21.3. The van der Waals surface area contributed by atoms with Crippen molar-refractivity contribution < 1.29 is 48.3 Å². The SMILES string of the molecule is COC[C@@H](CCO)c1c(CO)c2ccc3c(c2oc1=O)[C@H]1OC(=O)C[C@@H]2C[C@H](c4cccc5c4CC[C@H]4CCC[C@H]6C=Cc7ccccc7[C@]546)C=C[C@H]2c2ccc4c(c2)CC[C@H]2CCCC[C@H]2[C@](C)(O3)[C@H]1OC(=O)/C(=C(/C)CO)CC4. The Kier molecular flexibility index (Phi) is 14.6. The first-order valence-corrected chi connectivity index (χ1v) is 30.4. The van der Waals surface area contributed by atoms with E-state index in [0.717, 1.165) is 62.5 Å². The topological polar surface area (TPSA) is 162 Å². The Hall–Kier alpha value is -6.11. The van der Waals surface area contributed by atoms with E-state index in [0.29, 0.717) is 58.9 Å². The molecule has 5 aliphatic carbocycles. The molecule has 4 aromatic carbocycles. The second-order valence-electron chi connectivity index (χ2n) is 25.3. The summed E-state index contributed by atoms with van der Waals surface area (Å²) in [5, 5.41) is 32.4. The molecule has 4 heterocycles. The van der Waals surface area contributed by atoms with E-state index < -0.39 is 47.9 Å². The first kappa shape index (κ1) is 54.2. The van der Waals surface area contributed by atoms with Crippen molar-refractivity contribution in [3.63, 3.8) is 0 Å². The average Bonchev–Trinajstić information content (AvgIpc) is 3.66. The maximum Gasteiger partial charge on any atom is 0.340 e. The van der Waals surface area contributed by atoms with Crippen LogP contribution in [0.25, 0.3) is 17.0 Å². The maximum absolute atomic E-state index is 15.8. The smallest absolute Gasteiger partial charge is 0.340 e. The van der Waals surface area contributed by atoms with Crippen LogP contribution >= 0.6 is 0 Å². The van der Waals surface area contributed by atoms with Crippen LogP contribution in [0.3, 0.4) is 0 Å². The van der Waals surface area contributed by atoms with Crippen molar-refractivity contribution >= 4 is 29.0 Å². The molecule has 0 saturated heterocycles. The average molecular weight is 1100 g/mol. The van der Waals surface area contributed by atoms with Crippen LogP contribution in [0.15, 0.2) is 111 Å². The molecule has 81 heavy (non-hydrogen) atoms. The molecule has 0 radical (unpaired) electrons. The van der Waals surface area contributed by atoms with Crippen LogP contribution in [0.4, 0.5) is 0 Å². The minimum absolute atomic E-state index is 0.0331. The summed E-state index contributed by atoms with van der Waals surface area (Å²) in [4.78, 5) is 45.6. The van der Waals surface area contributed by atoms with Gasteiger partial charge in [-0.2, -0.15) is 0 Å². The number of hydrogen-bond acceptors (Lipinski definition) is 11. The molecule has 5 aromatic rings. The number of esters is 2. The third-order valence-electron chi connectivity index (χ3n) is 21.3. The molecule has 3 N–H and O–H groups in total. The van der Waals surface area contributed by atoms with Gasteiger partial charge < -0.3 is 38.7 Å². The number of carbonyl (C=O) groups excluding carboxylic acids is 2. The molecule has 1 spiro atoms. The molecule has 11 heteroatoms. The minimum Gasteiger partial charge on any atom is -0.483 e. The number of carbonyl (C=O) groups is 2. The molecule has 5 bridgehead atoms. The van der Waals surface area contributed by atoms with Gasteiger partial charge in [-0.25, -0.2) is 9.59 Å². The largest absolute Gasteiger partial charge is 0.483 e. The number of benzene rings is 4. The third kappa shape index (κ3) is 9.01. The first-order chi connectivity index (χ1) is 39.5. The number of aliphatic hydroxyl groups is 3. The Morgan fingerprint density at radius 3 is 2.49 bits per heavy atom. The Labute approximate surface area is 475 Å². The summed E-state index contributed by atoms with van der Waals surface area (Å²) in [6.07, 6.45) is 20.1. The molecular weight excluding hydrogens is 1020 g/mol. The molecular formula is C70H78O11. The van der Waals surface area contributed by atoms with Crippen molar-refractivity contribution in [1.82, 2.24) is 0 Å². The van der Waals surface area contributed by atoms with Crippen molar-refractivity contribution in [3.05, 3.63) is 174 Å². The van der Waals surface area contributed by atoms with Gasteiger partial charge in [0.2, 0.25) is 0 Å². The summed E-state index contributed by atoms with van der Waals surface area (Å²) >= 11 is 0. The predicted octanol–water partition coefficient (Wildman–Crippen LogP) is 12.3. The zero-order valence-electron chi connectivity index (χ0n) is 47.3. The van der Waals surface area contributed by atoms with Gasteiger partial charge in [0.15, 0.2) is 17.8 Å². The van der Waals surface area contributed by atoms with Crippen molar-refractivity contribution in [3.8, 4) is 5.75 Å². The van der Waals surface area contributed by atoms with Gasteiger partial charge in [-0.15, -0.1) is 0 Å². The second-order valence-corrected chi connectivity index (χ2v) is 25.3. The van der Waals surface area contributed by atoms with Gasteiger partial charge in [-0.05, 0) is 176 Å². The fourth-order valence-corrected chi connectivity index (χ4v) is 17.6. The highest BCUT2D eigenvalue weighted by atomic mass is 16.6. The number of aliphatic hydroxyl groups excluding tert-OH is 3. The highest BCUT2D eigenvalue weighted by Crippen LogP contribution is 2.61. The van der Waals surface area contributed by atoms with E-state index in [1.54, 1.807) is 19.1 Å². The highest BCUT2D eigenvalue weighted by Gasteiger charge is 2.59. The lowest BCUT2D eigenvalue weighted by Gasteiger charge is -2.55. The van der Waals surface area contributed by atoms with E-state index in [1.807, 2.05) is 6.92 Å². The summed E-state index contributed by atoms with van der Waals surface area (Å²) in [7, 11) is 1.52. The monoisotopic (exact) mass is 1090 g/mol. The van der Waals surface area contributed by atoms with Gasteiger partial charge in [0.1, 0.15) is 11.3 Å². The maximum atomic E-state index is 15.8. The normalized spacial score (nSPS) is 31.3. The van der Waals surface area contributed by atoms with Crippen LogP contribution in [0.2, 0.25) is 0 Å². The van der Waals surface area contributed by atoms with E-state index in [2.05, 4.69) is 85.0 Å². The van der Waals surface area contributed by atoms with Crippen LogP contribution in [0.5, 0.6) is 5.75 Å². The van der Waals surface area contributed by atoms with Gasteiger partial charge in [-0.1, -0.05) is 111 Å². The fourth-order valence-electron chi connectivity index (χ4n) is 17.6. The Bertz CT molecular complexity index is 3430. The minimum atomic E-state index is -1.31. The van der Waals surface area contributed by atoms with E-state index in [4.69, 9.17) is 23.4 Å². The molecule has 2 saturated carbocycles. The second kappa shape index (κ2) is 21.9. The van der Waals surface area contributed by atoms with Crippen molar-refractivity contribution in [2.75, 3.05) is 26.9 Å². The van der Waals surface area contributed by atoms with Gasteiger partial charge in [0.25, 0.3) is 0 Å². The van der Waals surface area contributed by atoms with Gasteiger partial charge in [-0.3, -0.25) is 4.79 Å². The van der Waals surface area contributed by atoms with E-state index in [-0.39, 0.29) is 84.4 Å². The van der Waals surface area contributed by atoms with Crippen molar-refractivity contribution in [2.24, 2.45) is 29.6 Å². The molecule has 13 rings (SSSR count). The molecule has 12 atom stereocenters. The number of allylic oxidation sites excluding steroid dienone is 3. The highest BCUT2D eigenvalue weighted by molar-refractivity contribution is 5.90. The lowest BCUT2D eigenvalue weighted by atomic mass is 9.48. The van der Waals surface area contributed by atoms with Crippen LogP contribution in [-0.2, 0) is 55.1 Å². The van der Waals surface area contributed by atoms with Crippen molar-refractivity contribution in [2.45, 2.75) is 164 Å². The summed E-state index contributed by atoms with van der Waals surface area (Å²) in [5.41, 5.74) is 10.2. The molecule has 1 aromatic heterocycles. The summed E-state index contributed by atoms with van der Waals surface area (Å²) in [6.45, 7) is 2.76. The fraction of sp³-hybridized carbons (Fsp3) is 0.500. The number of fused-ring (bicyclic) bond motifs is 10. The van der Waals surface area contributed by atoms with E-state index in [9.17, 15) is 20.1 Å². The summed E-state index contributed by atoms with van der Waals surface area (Å²) in [5.74, 6) is -0.623. The molecule has 0 amide bonds. The number of rotatable bonds is 8. The van der Waals surface area contributed by atoms with Gasteiger partial charge >= 0.3 is 17.6 Å². The van der Waals surface area contributed by atoms with Gasteiger partial charge in [0, 0.05) is 65.7 Å². The lowest BCUT2D eigenvalue weighted by Crippen LogP contribution is -2.60. The van der Waals surface area contributed by atoms with Crippen LogP contribution < -0.4 is 10.4 Å². The number of hydrogen-bond donors (Lipinski definition) is 3. The molecule has 11 nitrogen and oxygen atoms in total. The summed E-state index contributed by atoms with van der Waals surface area (Å²) < 4.78 is 33.4. The Morgan fingerprint density at radius 2 is 1.65 bits per heavy atom. The van der Waals surface area contributed by atoms with Gasteiger partial charge in [0.05, 0.1) is 25.4 Å². The van der Waals surface area contributed by atoms with Crippen molar-refractivity contribution in [1.29, 1.82) is 0 Å². The number of methoxy groups -OCH3 is 1. The van der Waals surface area contributed by atoms with E-state index in [1.165, 1.54) is 59.8 Å². The zero-order chi connectivity index (χ0) is 55.7.